The Kier molecular flexibility index (Phi) is 3.45. The van der Waals surface area contributed by atoms with Crippen LogP contribution in [0, 0.1) is 0 Å². The number of benzene rings is 2. The summed E-state index contributed by atoms with van der Waals surface area (Å²) in [6.45, 7) is 0. The van der Waals surface area contributed by atoms with Crippen LogP contribution in [-0.2, 0) is 0 Å². The SMILES string of the molecule is COc1cccc2c1O[C@H](c1ccco1)N1N=C(c3ccccc3)C[C@H]21. The number of hydrazone groups is 1. The predicted molar refractivity (Wildman–Crippen MR) is 97.2 cm³/mol. The van der Waals surface area contributed by atoms with E-state index in [9.17, 15) is 0 Å². The smallest absolute Gasteiger partial charge is 0.246 e. The van der Waals surface area contributed by atoms with Crippen LogP contribution in [0.2, 0.25) is 0 Å². The summed E-state index contributed by atoms with van der Waals surface area (Å²) in [5, 5.41) is 6.90. The van der Waals surface area contributed by atoms with Crippen molar-refractivity contribution in [2.75, 3.05) is 7.11 Å². The first-order chi connectivity index (χ1) is 12.8. The molecule has 0 saturated heterocycles. The van der Waals surface area contributed by atoms with Gasteiger partial charge >= 0.3 is 0 Å². The molecular weight excluding hydrogens is 328 g/mol. The van der Waals surface area contributed by atoms with Crippen LogP contribution < -0.4 is 9.47 Å². The Balaban J connectivity index is 1.62. The Morgan fingerprint density at radius 3 is 2.69 bits per heavy atom. The molecular formula is C21H18N2O3. The van der Waals surface area contributed by atoms with Gasteiger partial charge < -0.3 is 13.9 Å². The molecule has 0 amide bonds. The maximum Gasteiger partial charge on any atom is 0.246 e. The van der Waals surface area contributed by atoms with Gasteiger partial charge in [-0.3, -0.25) is 0 Å². The van der Waals surface area contributed by atoms with Gasteiger partial charge in [-0.15, -0.1) is 0 Å². The first-order valence-electron chi connectivity index (χ1n) is 8.63. The Morgan fingerprint density at radius 1 is 1.04 bits per heavy atom. The lowest BCUT2D eigenvalue weighted by Gasteiger charge is -2.37. The number of methoxy groups -OCH3 is 1. The van der Waals surface area contributed by atoms with Gasteiger partial charge in [-0.05, 0) is 23.8 Å². The molecule has 0 spiro atoms. The molecule has 5 rings (SSSR count). The maximum absolute atomic E-state index is 6.30. The van der Waals surface area contributed by atoms with Crippen molar-refractivity contribution in [3.63, 3.8) is 0 Å². The minimum atomic E-state index is -0.417. The van der Waals surface area contributed by atoms with E-state index in [2.05, 4.69) is 18.2 Å². The van der Waals surface area contributed by atoms with Crippen molar-refractivity contribution >= 4 is 5.71 Å². The molecule has 2 aliphatic heterocycles. The second-order valence-corrected chi connectivity index (χ2v) is 6.38. The lowest BCUT2D eigenvalue weighted by molar-refractivity contribution is -0.0342. The lowest BCUT2D eigenvalue weighted by atomic mass is 9.96. The topological polar surface area (TPSA) is 47.2 Å². The van der Waals surface area contributed by atoms with E-state index in [1.165, 1.54) is 0 Å². The van der Waals surface area contributed by atoms with Crippen LogP contribution in [0.3, 0.4) is 0 Å². The average molecular weight is 346 g/mol. The van der Waals surface area contributed by atoms with E-state index in [1.807, 2.05) is 47.5 Å². The summed E-state index contributed by atoms with van der Waals surface area (Å²) in [5.41, 5.74) is 3.26. The summed E-state index contributed by atoms with van der Waals surface area (Å²) in [5.74, 6) is 2.22. The van der Waals surface area contributed by atoms with Crippen LogP contribution in [0.25, 0.3) is 0 Å². The largest absolute Gasteiger partial charge is 0.493 e. The van der Waals surface area contributed by atoms with Crippen molar-refractivity contribution in [1.29, 1.82) is 0 Å². The molecule has 0 unspecified atom stereocenters. The Labute approximate surface area is 151 Å². The van der Waals surface area contributed by atoms with Crippen LogP contribution in [0.15, 0.2) is 76.4 Å². The number of hydrogen-bond donors (Lipinski definition) is 0. The molecule has 2 aliphatic rings. The van der Waals surface area contributed by atoms with Crippen molar-refractivity contribution in [3.8, 4) is 11.5 Å². The van der Waals surface area contributed by atoms with Gasteiger partial charge in [-0.2, -0.15) is 5.10 Å². The van der Waals surface area contributed by atoms with E-state index in [0.717, 1.165) is 40.5 Å². The summed E-state index contributed by atoms with van der Waals surface area (Å²) >= 11 is 0. The second kappa shape index (κ2) is 5.95. The van der Waals surface area contributed by atoms with Crippen molar-refractivity contribution in [2.24, 2.45) is 5.10 Å². The highest BCUT2D eigenvalue weighted by molar-refractivity contribution is 6.01. The van der Waals surface area contributed by atoms with E-state index in [1.54, 1.807) is 13.4 Å². The van der Waals surface area contributed by atoms with Crippen molar-refractivity contribution in [2.45, 2.75) is 18.7 Å². The number of nitrogens with zero attached hydrogens (tertiary/aromatic N) is 2. The molecule has 1 aromatic heterocycles. The molecule has 2 aromatic carbocycles. The van der Waals surface area contributed by atoms with E-state index >= 15 is 0 Å². The Morgan fingerprint density at radius 2 is 1.92 bits per heavy atom. The van der Waals surface area contributed by atoms with Gasteiger partial charge in [0.05, 0.1) is 25.1 Å². The fourth-order valence-corrected chi connectivity index (χ4v) is 3.67. The summed E-state index contributed by atoms with van der Waals surface area (Å²) in [6, 6.07) is 20.1. The molecule has 2 atom stereocenters. The first kappa shape index (κ1) is 15.1. The number of ether oxygens (including phenoxy) is 2. The van der Waals surface area contributed by atoms with Crippen molar-refractivity contribution in [1.82, 2.24) is 5.01 Å². The molecule has 26 heavy (non-hydrogen) atoms. The average Bonchev–Trinajstić information content (AvgIpc) is 3.37. The highest BCUT2D eigenvalue weighted by Crippen LogP contribution is 2.50. The van der Waals surface area contributed by atoms with Crippen LogP contribution in [0.1, 0.15) is 35.6 Å². The Hall–Kier alpha value is -3.21. The van der Waals surface area contributed by atoms with Crippen LogP contribution in [0.4, 0.5) is 0 Å². The van der Waals surface area contributed by atoms with Gasteiger partial charge in [-0.25, -0.2) is 5.01 Å². The highest BCUT2D eigenvalue weighted by atomic mass is 16.5. The van der Waals surface area contributed by atoms with E-state index in [4.69, 9.17) is 19.0 Å². The molecule has 0 aliphatic carbocycles. The molecule has 0 fully saturated rings. The fourth-order valence-electron chi connectivity index (χ4n) is 3.67. The number of fused-ring (bicyclic) bond motifs is 3. The zero-order valence-electron chi connectivity index (χ0n) is 14.3. The zero-order chi connectivity index (χ0) is 17.5. The Bertz CT molecular complexity index is 951. The molecule has 0 N–H and O–H groups in total. The van der Waals surface area contributed by atoms with Gasteiger partial charge in [0.25, 0.3) is 0 Å². The van der Waals surface area contributed by atoms with Crippen LogP contribution in [0.5, 0.6) is 11.5 Å². The van der Waals surface area contributed by atoms with E-state index in [0.29, 0.717) is 0 Å². The quantitative estimate of drug-likeness (QED) is 0.699. The zero-order valence-corrected chi connectivity index (χ0v) is 14.3. The standard InChI is InChI=1S/C21H18N2O3/c1-24-18-10-5-9-15-17-13-16(14-7-3-2-4-8-14)22-23(17)21(26-20(15)18)19-11-6-12-25-19/h2-12,17,21H,13H2,1H3/t17-,21-/m1/s1. The predicted octanol–water partition coefficient (Wildman–Crippen LogP) is 4.53. The molecule has 3 heterocycles. The molecule has 130 valence electrons. The van der Waals surface area contributed by atoms with Gasteiger partial charge in [-0.1, -0.05) is 42.5 Å². The van der Waals surface area contributed by atoms with Gasteiger partial charge in [0, 0.05) is 12.0 Å². The normalized spacial score (nSPS) is 20.8. The first-order valence-corrected chi connectivity index (χ1v) is 8.63. The number of para-hydroxylation sites is 1. The van der Waals surface area contributed by atoms with Crippen molar-refractivity contribution in [3.05, 3.63) is 83.8 Å². The monoisotopic (exact) mass is 346 g/mol. The van der Waals surface area contributed by atoms with E-state index in [-0.39, 0.29) is 6.04 Å². The maximum atomic E-state index is 6.30. The number of hydrogen-bond acceptors (Lipinski definition) is 5. The highest BCUT2D eigenvalue weighted by Gasteiger charge is 2.43. The van der Waals surface area contributed by atoms with Crippen molar-refractivity contribution < 1.29 is 13.9 Å². The second-order valence-electron chi connectivity index (χ2n) is 6.38. The van der Waals surface area contributed by atoms with Crippen LogP contribution in [-0.4, -0.2) is 17.8 Å². The summed E-state index contributed by atoms with van der Waals surface area (Å²) in [7, 11) is 1.66. The number of furan rings is 1. The third-order valence-corrected chi connectivity index (χ3v) is 4.89. The molecule has 3 aromatic rings. The third-order valence-electron chi connectivity index (χ3n) is 4.89. The molecule has 5 heteroatoms. The number of rotatable bonds is 3. The third kappa shape index (κ3) is 2.28. The summed E-state index contributed by atoms with van der Waals surface area (Å²) in [6.07, 6.45) is 2.05. The van der Waals surface area contributed by atoms with Gasteiger partial charge in [0.2, 0.25) is 6.23 Å². The molecule has 5 nitrogen and oxygen atoms in total. The lowest BCUT2D eigenvalue weighted by Crippen LogP contribution is -2.33. The molecule has 0 bridgehead atoms. The van der Waals surface area contributed by atoms with Crippen LogP contribution >= 0.6 is 0 Å². The minimum Gasteiger partial charge on any atom is -0.493 e. The van der Waals surface area contributed by atoms with Gasteiger partial charge in [0.1, 0.15) is 0 Å². The molecule has 0 radical (unpaired) electrons. The van der Waals surface area contributed by atoms with E-state index < -0.39 is 6.23 Å². The minimum absolute atomic E-state index is 0.0826. The summed E-state index contributed by atoms with van der Waals surface area (Å²) < 4.78 is 17.5. The van der Waals surface area contributed by atoms with Gasteiger partial charge in [0.15, 0.2) is 17.3 Å². The molecule has 0 saturated carbocycles. The fraction of sp³-hybridized carbons (Fsp3) is 0.190. The summed E-state index contributed by atoms with van der Waals surface area (Å²) in [4.78, 5) is 0.